The van der Waals surface area contributed by atoms with Crippen LogP contribution in [0.3, 0.4) is 0 Å². The molecule has 2 aromatic carbocycles. The molecule has 1 saturated heterocycles. The first kappa shape index (κ1) is 23.7. The summed E-state index contributed by atoms with van der Waals surface area (Å²) in [5, 5.41) is 16.7. The van der Waals surface area contributed by atoms with Crippen molar-refractivity contribution in [2.24, 2.45) is 5.92 Å². The maximum absolute atomic E-state index is 14.5. The second-order valence-corrected chi connectivity index (χ2v) is 9.44. The first-order valence-electron chi connectivity index (χ1n) is 11.3. The van der Waals surface area contributed by atoms with E-state index in [1.165, 1.54) is 17.0 Å². The van der Waals surface area contributed by atoms with Gasteiger partial charge in [-0.05, 0) is 66.6 Å². The Labute approximate surface area is 203 Å². The molecule has 34 heavy (non-hydrogen) atoms. The highest BCUT2D eigenvalue weighted by Crippen LogP contribution is 2.23. The summed E-state index contributed by atoms with van der Waals surface area (Å²) < 4.78 is 20.0. The van der Waals surface area contributed by atoms with Crippen molar-refractivity contribution >= 4 is 23.1 Å². The molecular weight excluding hydrogens is 451 g/mol. The van der Waals surface area contributed by atoms with Crippen molar-refractivity contribution in [2.75, 3.05) is 25.0 Å². The molecule has 4 rings (SSSR count). The zero-order valence-corrected chi connectivity index (χ0v) is 19.6. The molecule has 6 nitrogen and oxygen atoms in total. The molecule has 3 aromatic rings. The van der Waals surface area contributed by atoms with Gasteiger partial charge in [0.05, 0.1) is 11.6 Å². The summed E-state index contributed by atoms with van der Waals surface area (Å²) >= 11 is 1.77. The summed E-state index contributed by atoms with van der Waals surface area (Å²) in [7, 11) is 0. The number of urea groups is 1. The second-order valence-electron chi connectivity index (χ2n) is 8.40. The van der Waals surface area contributed by atoms with Gasteiger partial charge in [-0.25, -0.2) is 9.18 Å². The van der Waals surface area contributed by atoms with Crippen LogP contribution in [-0.4, -0.2) is 30.6 Å². The number of nitriles is 1. The average Bonchev–Trinajstić information content (AvgIpc) is 3.36. The molecule has 2 amide bonds. The number of benzene rings is 2. The predicted molar refractivity (Wildman–Crippen MR) is 131 cm³/mol. The smallest absolute Gasteiger partial charge is 0.319 e. The van der Waals surface area contributed by atoms with Crippen molar-refractivity contribution < 1.29 is 13.9 Å². The van der Waals surface area contributed by atoms with Gasteiger partial charge in [0, 0.05) is 36.3 Å². The van der Waals surface area contributed by atoms with Crippen molar-refractivity contribution in [3.63, 3.8) is 0 Å². The summed E-state index contributed by atoms with van der Waals surface area (Å²) in [5.74, 6) is -0.0846. The van der Waals surface area contributed by atoms with E-state index in [1.54, 1.807) is 35.6 Å². The molecule has 1 atom stereocenters. The third kappa shape index (κ3) is 6.80. The molecule has 2 N–H and O–H groups in total. The molecule has 0 aliphatic carbocycles. The van der Waals surface area contributed by atoms with Gasteiger partial charge < -0.3 is 15.4 Å². The largest absolute Gasteiger partial charge is 0.486 e. The molecule has 176 valence electrons. The summed E-state index contributed by atoms with van der Waals surface area (Å²) in [4.78, 5) is 16.1. The molecule has 0 saturated carbocycles. The normalized spacial score (nSPS) is 15.9. The highest BCUT2D eigenvalue weighted by atomic mass is 32.1. The highest BCUT2D eigenvalue weighted by molar-refractivity contribution is 7.09. The standard InChI is InChI=1S/C26H27FN4O2S/c27-24-13-22(8-9-25(24)33-18-20-5-1-4-19(12-20)14-28)30-26(32)29-15-21-6-2-10-31(16-21)17-23-7-3-11-34-23/h1,3-5,7-9,11-13,21H,2,6,10,15-18H2,(H2,29,30,32). The van der Waals surface area contributed by atoms with Crippen molar-refractivity contribution in [3.8, 4) is 11.8 Å². The lowest BCUT2D eigenvalue weighted by atomic mass is 9.98. The number of nitrogens with one attached hydrogen (secondary N) is 2. The molecule has 1 aliphatic rings. The fourth-order valence-electron chi connectivity index (χ4n) is 4.08. The maximum atomic E-state index is 14.5. The van der Waals surface area contributed by atoms with E-state index >= 15 is 0 Å². The first-order valence-corrected chi connectivity index (χ1v) is 12.2. The first-order chi connectivity index (χ1) is 16.6. The van der Waals surface area contributed by atoms with E-state index in [2.05, 4.69) is 39.1 Å². The Morgan fingerprint density at radius 1 is 1.24 bits per heavy atom. The van der Waals surface area contributed by atoms with Gasteiger partial charge in [-0.1, -0.05) is 18.2 Å². The maximum Gasteiger partial charge on any atom is 0.319 e. The van der Waals surface area contributed by atoms with Crippen molar-refractivity contribution in [1.82, 2.24) is 10.2 Å². The van der Waals surface area contributed by atoms with Gasteiger partial charge in [-0.15, -0.1) is 11.3 Å². The molecule has 2 heterocycles. The van der Waals surface area contributed by atoms with Crippen LogP contribution in [0.25, 0.3) is 0 Å². The number of amides is 2. The molecule has 1 unspecified atom stereocenters. The van der Waals surface area contributed by atoms with Crippen LogP contribution in [0.4, 0.5) is 14.9 Å². The number of halogens is 1. The van der Waals surface area contributed by atoms with Gasteiger partial charge in [-0.2, -0.15) is 5.26 Å². The quantitative estimate of drug-likeness (QED) is 0.456. The van der Waals surface area contributed by atoms with Crippen LogP contribution in [0.15, 0.2) is 60.0 Å². The van der Waals surface area contributed by atoms with E-state index in [-0.39, 0.29) is 18.4 Å². The van der Waals surface area contributed by atoms with Gasteiger partial charge in [-0.3, -0.25) is 4.90 Å². The minimum atomic E-state index is -0.564. The Kier molecular flexibility index (Phi) is 8.12. The topological polar surface area (TPSA) is 77.4 Å². The van der Waals surface area contributed by atoms with Crippen molar-refractivity contribution in [1.29, 1.82) is 5.26 Å². The molecule has 0 radical (unpaired) electrons. The average molecular weight is 479 g/mol. The second kappa shape index (κ2) is 11.6. The number of carbonyl (C=O) groups is 1. The van der Waals surface area contributed by atoms with Crippen LogP contribution in [-0.2, 0) is 13.2 Å². The number of thiophene rings is 1. The number of anilines is 1. The molecule has 0 spiro atoms. The van der Waals surface area contributed by atoms with E-state index in [9.17, 15) is 9.18 Å². The number of nitrogens with zero attached hydrogens (tertiary/aromatic N) is 2. The van der Waals surface area contributed by atoms with Crippen LogP contribution in [0.5, 0.6) is 5.75 Å². The zero-order valence-electron chi connectivity index (χ0n) is 18.8. The Bertz CT molecular complexity index is 1150. The minimum Gasteiger partial charge on any atom is -0.486 e. The lowest BCUT2D eigenvalue weighted by Crippen LogP contribution is -2.41. The monoisotopic (exact) mass is 478 g/mol. The molecule has 1 aromatic heterocycles. The van der Waals surface area contributed by atoms with E-state index < -0.39 is 5.82 Å². The summed E-state index contributed by atoms with van der Waals surface area (Å²) in [6.45, 7) is 3.72. The number of piperidine rings is 1. The minimum absolute atomic E-state index is 0.0846. The fraction of sp³-hybridized carbons (Fsp3) is 0.308. The Morgan fingerprint density at radius 3 is 2.94 bits per heavy atom. The third-order valence-corrected chi connectivity index (χ3v) is 6.62. The van der Waals surface area contributed by atoms with E-state index in [1.807, 2.05) is 6.07 Å². The summed E-state index contributed by atoms with van der Waals surface area (Å²) in [6, 6.07) is 17.2. The number of hydrogen-bond donors (Lipinski definition) is 2. The summed E-state index contributed by atoms with van der Waals surface area (Å²) in [5.41, 5.74) is 1.66. The van der Waals surface area contributed by atoms with Crippen LogP contribution < -0.4 is 15.4 Å². The van der Waals surface area contributed by atoms with Crippen LogP contribution in [0, 0.1) is 23.1 Å². The van der Waals surface area contributed by atoms with Crippen molar-refractivity contribution in [3.05, 3.63) is 81.8 Å². The van der Waals surface area contributed by atoms with Crippen LogP contribution >= 0.6 is 11.3 Å². The van der Waals surface area contributed by atoms with Gasteiger partial charge in [0.15, 0.2) is 11.6 Å². The van der Waals surface area contributed by atoms with E-state index in [0.717, 1.165) is 38.0 Å². The third-order valence-electron chi connectivity index (χ3n) is 5.75. The van der Waals surface area contributed by atoms with Gasteiger partial charge >= 0.3 is 6.03 Å². The molecular formula is C26H27FN4O2S. The Morgan fingerprint density at radius 2 is 2.15 bits per heavy atom. The summed E-state index contributed by atoms with van der Waals surface area (Å²) in [6.07, 6.45) is 2.20. The number of hydrogen-bond acceptors (Lipinski definition) is 5. The lowest BCUT2D eigenvalue weighted by molar-refractivity contribution is 0.167. The Hall–Kier alpha value is -3.41. The lowest BCUT2D eigenvalue weighted by Gasteiger charge is -2.32. The molecule has 0 bridgehead atoms. The molecule has 8 heteroatoms. The van der Waals surface area contributed by atoms with Crippen LogP contribution in [0.1, 0.15) is 28.8 Å². The fourth-order valence-corrected chi connectivity index (χ4v) is 4.83. The number of ether oxygens (including phenoxy) is 1. The van der Waals surface area contributed by atoms with E-state index in [0.29, 0.717) is 23.7 Å². The molecule has 1 aliphatic heterocycles. The zero-order chi connectivity index (χ0) is 23.8. The number of likely N-dealkylation sites (tertiary alicyclic amines) is 1. The van der Waals surface area contributed by atoms with Crippen LogP contribution in [0.2, 0.25) is 0 Å². The number of rotatable bonds is 8. The highest BCUT2D eigenvalue weighted by Gasteiger charge is 2.21. The van der Waals surface area contributed by atoms with E-state index in [4.69, 9.17) is 10.00 Å². The Balaban J connectivity index is 1.23. The van der Waals surface area contributed by atoms with Crippen molar-refractivity contribution in [2.45, 2.75) is 26.0 Å². The predicted octanol–water partition coefficient (Wildman–Crippen LogP) is 5.37. The SMILES string of the molecule is N#Cc1cccc(COc2ccc(NC(=O)NCC3CCCN(Cc4cccs4)C3)cc2F)c1. The van der Waals surface area contributed by atoms with Gasteiger partial charge in [0.1, 0.15) is 6.61 Å². The van der Waals surface area contributed by atoms with Gasteiger partial charge in [0.2, 0.25) is 0 Å². The number of carbonyl (C=O) groups excluding carboxylic acids is 1. The molecule has 1 fully saturated rings. The van der Waals surface area contributed by atoms with Gasteiger partial charge in [0.25, 0.3) is 0 Å².